The monoisotopic (exact) mass is 359 g/mol. The summed E-state index contributed by atoms with van der Waals surface area (Å²) in [5.74, 6) is 0.811. The number of benzene rings is 1. The highest BCUT2D eigenvalue weighted by molar-refractivity contribution is 5.95. The lowest BCUT2D eigenvalue weighted by molar-refractivity contribution is -0.122. The van der Waals surface area contributed by atoms with Crippen molar-refractivity contribution in [3.63, 3.8) is 0 Å². The summed E-state index contributed by atoms with van der Waals surface area (Å²) in [5, 5.41) is 2.30. The fourth-order valence-electron chi connectivity index (χ4n) is 4.13. The van der Waals surface area contributed by atoms with Gasteiger partial charge in [0, 0.05) is 35.9 Å². The fraction of sp³-hybridized carbons (Fsp3) is 0.348. The summed E-state index contributed by atoms with van der Waals surface area (Å²) in [6.07, 6.45) is 10.7. The van der Waals surface area contributed by atoms with Gasteiger partial charge in [0.15, 0.2) is 0 Å². The third-order valence-electron chi connectivity index (χ3n) is 5.52. The van der Waals surface area contributed by atoms with Crippen LogP contribution in [0.1, 0.15) is 38.2 Å². The zero-order valence-electron chi connectivity index (χ0n) is 15.7. The van der Waals surface area contributed by atoms with Gasteiger partial charge in [-0.15, -0.1) is 0 Å². The molecule has 1 saturated carbocycles. The molecule has 1 aliphatic rings. The summed E-state index contributed by atoms with van der Waals surface area (Å²) in [7, 11) is 0. The molecule has 0 aliphatic heterocycles. The Morgan fingerprint density at radius 3 is 2.67 bits per heavy atom. The maximum Gasteiger partial charge on any atom is 0.231 e. The second-order valence-electron chi connectivity index (χ2n) is 7.46. The molecule has 4 rings (SSSR count). The highest BCUT2D eigenvalue weighted by Gasteiger charge is 2.31. The maximum atomic E-state index is 13.4. The first-order chi connectivity index (χ1) is 13.2. The predicted octanol–water partition coefficient (Wildman–Crippen LogP) is 4.78. The van der Waals surface area contributed by atoms with Gasteiger partial charge in [-0.2, -0.15) is 0 Å². The van der Waals surface area contributed by atoms with E-state index in [1.54, 1.807) is 6.20 Å². The molecule has 1 atom stereocenters. The normalized spacial score (nSPS) is 15.7. The van der Waals surface area contributed by atoms with E-state index in [4.69, 9.17) is 0 Å². The van der Waals surface area contributed by atoms with Crippen LogP contribution in [0.2, 0.25) is 0 Å². The van der Waals surface area contributed by atoms with Gasteiger partial charge >= 0.3 is 0 Å². The summed E-state index contributed by atoms with van der Waals surface area (Å²) >= 11 is 0. The molecule has 0 radical (unpaired) electrons. The Morgan fingerprint density at radius 2 is 1.89 bits per heavy atom. The van der Waals surface area contributed by atoms with Gasteiger partial charge in [-0.05, 0) is 42.3 Å². The molecule has 138 valence electrons. The van der Waals surface area contributed by atoms with Gasteiger partial charge < -0.3 is 0 Å². The first-order valence-corrected chi connectivity index (χ1v) is 9.80. The van der Waals surface area contributed by atoms with Crippen LogP contribution >= 0.6 is 0 Å². The number of rotatable bonds is 5. The predicted molar refractivity (Wildman–Crippen MR) is 109 cm³/mol. The molecule has 0 bridgehead atoms. The molecule has 2 aromatic heterocycles. The highest BCUT2D eigenvalue weighted by atomic mass is 16.2. The van der Waals surface area contributed by atoms with E-state index in [1.165, 1.54) is 18.2 Å². The average molecular weight is 359 g/mol. The maximum absolute atomic E-state index is 13.4. The molecular formula is C23H25N3O. The summed E-state index contributed by atoms with van der Waals surface area (Å²) in [6, 6.07) is 14.3. The van der Waals surface area contributed by atoms with Crippen LogP contribution in [-0.4, -0.2) is 21.9 Å². The van der Waals surface area contributed by atoms with Crippen molar-refractivity contribution in [1.82, 2.24) is 9.97 Å². The number of hydrogen-bond acceptors (Lipinski definition) is 3. The van der Waals surface area contributed by atoms with Gasteiger partial charge in [-0.3, -0.25) is 14.7 Å². The second-order valence-corrected chi connectivity index (χ2v) is 7.46. The molecule has 1 unspecified atom stereocenters. The molecule has 0 spiro atoms. The molecule has 27 heavy (non-hydrogen) atoms. The Morgan fingerprint density at radius 1 is 1.11 bits per heavy atom. The minimum atomic E-state index is -0.125. The molecule has 1 fully saturated rings. The van der Waals surface area contributed by atoms with E-state index >= 15 is 0 Å². The Labute approximate surface area is 160 Å². The molecule has 0 N–H and O–H groups in total. The minimum Gasteiger partial charge on any atom is -0.293 e. The van der Waals surface area contributed by atoms with Crippen LogP contribution in [0.5, 0.6) is 0 Å². The van der Waals surface area contributed by atoms with Crippen molar-refractivity contribution >= 4 is 22.5 Å². The Kier molecular flexibility index (Phi) is 5.14. The zero-order chi connectivity index (χ0) is 18.6. The van der Waals surface area contributed by atoms with Crippen molar-refractivity contribution < 1.29 is 4.79 Å². The smallest absolute Gasteiger partial charge is 0.231 e. The molecule has 4 nitrogen and oxygen atoms in total. The number of anilines is 1. The molecule has 1 aromatic carbocycles. The zero-order valence-corrected chi connectivity index (χ0v) is 15.7. The van der Waals surface area contributed by atoms with Crippen LogP contribution in [0.15, 0.2) is 61.1 Å². The number of carbonyl (C=O) groups excluding carboxylic acids is 1. The lowest BCUT2D eigenvalue weighted by Gasteiger charge is -2.30. The molecule has 1 amide bonds. The van der Waals surface area contributed by atoms with Crippen molar-refractivity contribution in [2.75, 3.05) is 4.90 Å². The van der Waals surface area contributed by atoms with E-state index in [-0.39, 0.29) is 17.9 Å². The summed E-state index contributed by atoms with van der Waals surface area (Å²) in [5.41, 5.74) is 1.13. The summed E-state index contributed by atoms with van der Waals surface area (Å²) in [6.45, 7) is 2.02. The summed E-state index contributed by atoms with van der Waals surface area (Å²) in [4.78, 5) is 24.2. The highest BCUT2D eigenvalue weighted by Crippen LogP contribution is 2.29. The van der Waals surface area contributed by atoms with Crippen LogP contribution in [-0.2, 0) is 11.2 Å². The minimum absolute atomic E-state index is 0.125. The topological polar surface area (TPSA) is 46.1 Å². The lowest BCUT2D eigenvalue weighted by Crippen LogP contribution is -2.43. The van der Waals surface area contributed by atoms with Gasteiger partial charge in [0.25, 0.3) is 0 Å². The fourth-order valence-corrected chi connectivity index (χ4v) is 4.13. The Hall–Kier alpha value is -2.75. The van der Waals surface area contributed by atoms with E-state index in [1.807, 2.05) is 54.5 Å². The van der Waals surface area contributed by atoms with Gasteiger partial charge in [0.1, 0.15) is 5.82 Å². The van der Waals surface area contributed by atoms with Gasteiger partial charge in [0.05, 0.1) is 0 Å². The number of nitrogens with zero attached hydrogens (tertiary/aromatic N) is 3. The van der Waals surface area contributed by atoms with Gasteiger partial charge in [0.2, 0.25) is 5.91 Å². The molecular weight excluding hydrogens is 334 g/mol. The van der Waals surface area contributed by atoms with Crippen LogP contribution in [0.3, 0.4) is 0 Å². The largest absolute Gasteiger partial charge is 0.293 e. The number of carbonyl (C=O) groups is 1. The molecule has 4 heteroatoms. The number of amides is 1. The van der Waals surface area contributed by atoms with E-state index in [0.29, 0.717) is 6.42 Å². The average Bonchev–Trinajstić information content (AvgIpc) is 3.23. The number of aromatic nitrogens is 2. The number of hydrogen-bond donors (Lipinski definition) is 0. The van der Waals surface area contributed by atoms with Gasteiger partial charge in [-0.25, -0.2) is 4.98 Å². The van der Waals surface area contributed by atoms with Crippen LogP contribution < -0.4 is 4.90 Å². The first kappa shape index (κ1) is 17.7. The standard InChI is InChI=1S/C23H25N3O/c1-17(14-19-16-24-15-18-8-2-5-11-21(18)19)23(27)26(20-9-3-4-10-20)22-12-6-7-13-25-22/h2,5-8,11-13,15-17,20H,3-4,9-10,14H2,1H3. The van der Waals surface area contributed by atoms with E-state index in [0.717, 1.165) is 29.6 Å². The summed E-state index contributed by atoms with van der Waals surface area (Å²) < 4.78 is 0. The van der Waals surface area contributed by atoms with Crippen molar-refractivity contribution in [3.8, 4) is 0 Å². The van der Waals surface area contributed by atoms with Crippen molar-refractivity contribution in [1.29, 1.82) is 0 Å². The number of pyridine rings is 2. The number of fused-ring (bicyclic) bond motifs is 1. The van der Waals surface area contributed by atoms with Crippen LogP contribution in [0.4, 0.5) is 5.82 Å². The van der Waals surface area contributed by atoms with Crippen LogP contribution in [0.25, 0.3) is 10.8 Å². The van der Waals surface area contributed by atoms with Crippen molar-refractivity contribution in [2.45, 2.75) is 45.1 Å². The quantitative estimate of drug-likeness (QED) is 0.658. The van der Waals surface area contributed by atoms with E-state index < -0.39 is 0 Å². The third-order valence-corrected chi connectivity index (χ3v) is 5.52. The van der Waals surface area contributed by atoms with Crippen molar-refractivity contribution in [2.24, 2.45) is 5.92 Å². The van der Waals surface area contributed by atoms with Gasteiger partial charge in [-0.1, -0.05) is 50.1 Å². The molecule has 2 heterocycles. The van der Waals surface area contributed by atoms with Crippen molar-refractivity contribution in [3.05, 3.63) is 66.6 Å². The van der Waals surface area contributed by atoms with E-state index in [9.17, 15) is 4.79 Å². The lowest BCUT2D eigenvalue weighted by atomic mass is 9.96. The molecule has 3 aromatic rings. The van der Waals surface area contributed by atoms with E-state index in [2.05, 4.69) is 22.1 Å². The molecule has 1 aliphatic carbocycles. The Bertz CT molecular complexity index is 914. The SMILES string of the molecule is CC(Cc1cncc2ccccc12)C(=O)N(c1ccccn1)C1CCCC1. The second kappa shape index (κ2) is 7.87. The molecule has 0 saturated heterocycles. The first-order valence-electron chi connectivity index (χ1n) is 9.80. The third kappa shape index (κ3) is 3.70. The Balaban J connectivity index is 1.61. The van der Waals surface area contributed by atoms with Crippen LogP contribution in [0, 0.1) is 5.92 Å².